The van der Waals surface area contributed by atoms with E-state index in [4.69, 9.17) is 5.73 Å². The van der Waals surface area contributed by atoms with Crippen molar-refractivity contribution < 1.29 is 14.4 Å². The van der Waals surface area contributed by atoms with Crippen molar-refractivity contribution in [3.05, 3.63) is 71.3 Å². The molecule has 2 aromatic rings. The summed E-state index contributed by atoms with van der Waals surface area (Å²) in [5, 5.41) is 6.17. The van der Waals surface area contributed by atoms with Crippen molar-refractivity contribution in [3.8, 4) is 0 Å². The number of carbonyl (C=O) groups is 3. The van der Waals surface area contributed by atoms with Crippen LogP contribution in [0.5, 0.6) is 0 Å². The van der Waals surface area contributed by atoms with Crippen molar-refractivity contribution in [1.29, 1.82) is 0 Å². The van der Waals surface area contributed by atoms with Crippen LogP contribution in [0.4, 0.5) is 5.69 Å². The molecule has 0 saturated carbocycles. The van der Waals surface area contributed by atoms with Crippen LogP contribution in [0, 0.1) is 5.41 Å². The fourth-order valence-electron chi connectivity index (χ4n) is 4.54. The van der Waals surface area contributed by atoms with Crippen LogP contribution >= 0.6 is 11.9 Å². The second-order valence-electron chi connectivity index (χ2n) is 12.0. The number of rotatable bonds is 12. The van der Waals surface area contributed by atoms with E-state index in [-0.39, 0.29) is 24.3 Å². The van der Waals surface area contributed by atoms with Gasteiger partial charge in [-0.1, -0.05) is 78.0 Å². The summed E-state index contributed by atoms with van der Waals surface area (Å²) in [5.41, 5.74) is 8.18. The van der Waals surface area contributed by atoms with Gasteiger partial charge in [0.05, 0.1) is 6.04 Å². The van der Waals surface area contributed by atoms with Crippen LogP contribution in [0.3, 0.4) is 0 Å². The number of amides is 3. The Kier molecular flexibility index (Phi) is 12.0. The lowest BCUT2D eigenvalue weighted by molar-refractivity contribution is -0.139. The third kappa shape index (κ3) is 9.10. The highest BCUT2D eigenvalue weighted by atomic mass is 32.2. The molecule has 0 radical (unpaired) electrons. The monoisotopic (exact) mass is 581 g/mol. The second-order valence-corrected chi connectivity index (χ2v) is 12.8. The molecule has 0 aliphatic rings. The maximum atomic E-state index is 13.6. The van der Waals surface area contributed by atoms with Gasteiger partial charge in [-0.15, -0.1) is 0 Å². The lowest BCUT2D eigenvalue weighted by Crippen LogP contribution is -2.60. The topological polar surface area (TPSA) is 117 Å². The zero-order valence-corrected chi connectivity index (χ0v) is 26.7. The Bertz CT molecular complexity index is 1240. The van der Waals surface area contributed by atoms with Gasteiger partial charge in [0.15, 0.2) is 0 Å². The van der Waals surface area contributed by atoms with Gasteiger partial charge in [0.2, 0.25) is 11.8 Å². The first-order valence-electron chi connectivity index (χ1n) is 13.9. The van der Waals surface area contributed by atoms with E-state index in [0.29, 0.717) is 5.57 Å². The largest absolute Gasteiger partial charge is 0.399 e. The maximum Gasteiger partial charge on any atom is 0.256 e. The molecule has 0 heterocycles. The molecular formula is C32H47N5O3S. The second kappa shape index (κ2) is 14.5. The molecular weight excluding hydrogens is 534 g/mol. The lowest BCUT2D eigenvalue weighted by atomic mass is 9.76. The predicted molar refractivity (Wildman–Crippen MR) is 169 cm³/mol. The quantitative estimate of drug-likeness (QED) is 0.167. The van der Waals surface area contributed by atoms with E-state index in [1.54, 1.807) is 27.1 Å². The number of likely N-dealkylation sites (N-methyl/N-ethyl adjacent to an activating group) is 2. The molecule has 0 bridgehead atoms. The average Bonchev–Trinajstić information content (AvgIpc) is 2.93. The molecule has 2 unspecified atom stereocenters. The summed E-state index contributed by atoms with van der Waals surface area (Å²) in [5.74, 6) is -0.725. The molecule has 0 saturated heterocycles. The number of carbonyl (C=O) groups excluding carboxylic acids is 3. The molecule has 2 aromatic carbocycles. The first-order valence-corrected chi connectivity index (χ1v) is 14.8. The third-order valence-corrected chi connectivity index (χ3v) is 8.13. The Balaban J connectivity index is 2.09. The average molecular weight is 582 g/mol. The number of anilines is 1. The summed E-state index contributed by atoms with van der Waals surface area (Å²) < 4.78 is 2.84. The molecule has 41 heavy (non-hydrogen) atoms. The van der Waals surface area contributed by atoms with E-state index in [9.17, 15) is 14.4 Å². The summed E-state index contributed by atoms with van der Waals surface area (Å²) in [6.07, 6.45) is 2.52. The summed E-state index contributed by atoms with van der Waals surface area (Å²) in [7, 11) is 3.43. The van der Waals surface area contributed by atoms with Gasteiger partial charge in [0, 0.05) is 35.2 Å². The summed E-state index contributed by atoms with van der Waals surface area (Å²) in [6, 6.07) is 14.2. The molecule has 0 fully saturated rings. The molecule has 0 aromatic heterocycles. The first-order chi connectivity index (χ1) is 19.1. The molecule has 8 nitrogen and oxygen atoms in total. The summed E-state index contributed by atoms with van der Waals surface area (Å²) in [4.78, 5) is 42.3. The van der Waals surface area contributed by atoms with Gasteiger partial charge >= 0.3 is 0 Å². The van der Waals surface area contributed by atoms with Crippen LogP contribution < -0.4 is 21.1 Å². The zero-order valence-electron chi connectivity index (χ0n) is 25.9. The van der Waals surface area contributed by atoms with E-state index < -0.39 is 22.9 Å². The molecule has 9 heteroatoms. The Morgan fingerprint density at radius 3 is 2.22 bits per heavy atom. The minimum atomic E-state index is -0.765. The Morgan fingerprint density at radius 2 is 1.66 bits per heavy atom. The van der Waals surface area contributed by atoms with Gasteiger partial charge in [0.25, 0.3) is 5.91 Å². The number of hydrogen-bond donors (Lipinski definition) is 4. The molecule has 3 amide bonds. The SMILES string of the molecule is CCc1cc(SNC(=O)/C(C)=C/CN(C)C(=O)C(NC(=O)C(NC)C(C)(C)c2ccccc2)C(C)(C)C)ccc1N. The molecule has 0 aliphatic carbocycles. The Morgan fingerprint density at radius 1 is 1.02 bits per heavy atom. The number of nitrogen functional groups attached to an aromatic ring is 1. The molecule has 224 valence electrons. The predicted octanol–water partition coefficient (Wildman–Crippen LogP) is 4.46. The van der Waals surface area contributed by atoms with Gasteiger partial charge in [-0.2, -0.15) is 0 Å². The van der Waals surface area contributed by atoms with E-state index in [2.05, 4.69) is 15.4 Å². The Hall–Kier alpha value is -3.30. The highest BCUT2D eigenvalue weighted by Gasteiger charge is 2.40. The summed E-state index contributed by atoms with van der Waals surface area (Å²) >= 11 is 1.23. The van der Waals surface area contributed by atoms with Crippen LogP contribution in [0.2, 0.25) is 0 Å². The molecule has 2 rings (SSSR count). The van der Waals surface area contributed by atoms with E-state index in [0.717, 1.165) is 28.1 Å². The van der Waals surface area contributed by atoms with Crippen molar-refractivity contribution in [3.63, 3.8) is 0 Å². The highest BCUT2D eigenvalue weighted by Crippen LogP contribution is 2.28. The minimum Gasteiger partial charge on any atom is -0.399 e. The number of nitrogens with one attached hydrogen (secondary N) is 3. The maximum absolute atomic E-state index is 13.6. The van der Waals surface area contributed by atoms with Crippen LogP contribution in [-0.2, 0) is 26.2 Å². The van der Waals surface area contributed by atoms with E-state index in [1.165, 1.54) is 16.8 Å². The minimum absolute atomic E-state index is 0.220. The number of nitrogens with zero attached hydrogens (tertiary/aromatic N) is 1. The van der Waals surface area contributed by atoms with Crippen LogP contribution in [-0.4, -0.2) is 55.3 Å². The van der Waals surface area contributed by atoms with Gasteiger partial charge in [0.1, 0.15) is 6.04 Å². The third-order valence-electron chi connectivity index (χ3n) is 7.35. The summed E-state index contributed by atoms with van der Waals surface area (Å²) in [6.45, 7) is 13.8. The highest BCUT2D eigenvalue weighted by molar-refractivity contribution is 7.98. The van der Waals surface area contributed by atoms with Crippen molar-refractivity contribution in [2.45, 2.75) is 77.3 Å². The van der Waals surface area contributed by atoms with Crippen molar-refractivity contribution >= 4 is 35.4 Å². The fraction of sp³-hybridized carbons (Fsp3) is 0.469. The van der Waals surface area contributed by atoms with Crippen molar-refractivity contribution in [2.75, 3.05) is 26.4 Å². The van der Waals surface area contributed by atoms with Crippen LogP contribution in [0.25, 0.3) is 0 Å². The number of aryl methyl sites for hydroxylation is 1. The number of hydrogen-bond acceptors (Lipinski definition) is 6. The zero-order chi connectivity index (χ0) is 31.0. The molecule has 2 atom stereocenters. The Labute approximate surface area is 250 Å². The van der Waals surface area contributed by atoms with E-state index in [1.807, 2.05) is 90.1 Å². The normalized spacial score (nSPS) is 13.7. The van der Waals surface area contributed by atoms with Gasteiger partial charge in [-0.3, -0.25) is 19.1 Å². The fourth-order valence-corrected chi connectivity index (χ4v) is 5.25. The number of nitrogens with two attached hydrogens (primary N) is 1. The first kappa shape index (κ1) is 33.9. The van der Waals surface area contributed by atoms with Crippen molar-refractivity contribution in [1.82, 2.24) is 20.3 Å². The van der Waals surface area contributed by atoms with Gasteiger partial charge in [-0.25, -0.2) is 0 Å². The van der Waals surface area contributed by atoms with Gasteiger partial charge < -0.3 is 21.3 Å². The molecule has 0 spiro atoms. The van der Waals surface area contributed by atoms with E-state index >= 15 is 0 Å². The number of benzene rings is 2. The van der Waals surface area contributed by atoms with Crippen LogP contribution in [0.1, 0.15) is 59.6 Å². The van der Waals surface area contributed by atoms with Crippen LogP contribution in [0.15, 0.2) is 65.1 Å². The lowest BCUT2D eigenvalue weighted by Gasteiger charge is -2.38. The standard InChI is InChI=1S/C32H47N5O3S/c1-10-22-20-24(16-17-25(22)33)41-36-28(38)21(2)18-19-37(9)30(40)27(31(3,4)5)35-29(39)26(34-8)32(6,7)23-14-12-11-13-15-23/h11-18,20,26-27,34H,10,19,33H2,1-9H3,(H,35,39)(H,36,38)/b21-18+. The van der Waals surface area contributed by atoms with Gasteiger partial charge in [-0.05, 0) is 67.1 Å². The van der Waals surface area contributed by atoms with Crippen molar-refractivity contribution in [2.24, 2.45) is 5.41 Å². The smallest absolute Gasteiger partial charge is 0.256 e. The molecule has 5 N–H and O–H groups in total. The molecule has 0 aliphatic heterocycles.